The summed E-state index contributed by atoms with van der Waals surface area (Å²) in [6.45, 7) is 2.05. The van der Waals surface area contributed by atoms with E-state index in [2.05, 4.69) is 16.4 Å². The third-order valence-electron chi connectivity index (χ3n) is 2.29. The molecule has 1 aromatic carbocycles. The van der Waals surface area contributed by atoms with Crippen molar-refractivity contribution in [1.82, 2.24) is 4.98 Å². The van der Waals surface area contributed by atoms with Crippen LogP contribution in [0.1, 0.15) is 23.0 Å². The van der Waals surface area contributed by atoms with Crippen molar-refractivity contribution in [2.75, 3.05) is 11.9 Å². The van der Waals surface area contributed by atoms with Crippen LogP contribution in [0.2, 0.25) is 0 Å². The minimum absolute atomic E-state index is 0.259. The second-order valence-corrected chi connectivity index (χ2v) is 4.42. The monoisotopic (exact) mass is 273 g/mol. The largest absolute Gasteiger partial charge is 0.461 e. The molecule has 96 valence electrons. The van der Waals surface area contributed by atoms with E-state index in [1.807, 2.05) is 6.07 Å². The first-order valence-corrected chi connectivity index (χ1v) is 6.50. The Kier molecular flexibility index (Phi) is 4.11. The Morgan fingerprint density at radius 2 is 2.42 bits per heavy atom. The fraction of sp³-hybridized carbons (Fsp3) is 0.154. The van der Waals surface area contributed by atoms with E-state index >= 15 is 0 Å². The molecule has 0 atom stereocenters. The van der Waals surface area contributed by atoms with E-state index in [1.165, 1.54) is 11.3 Å². The molecule has 0 spiro atoms. The van der Waals surface area contributed by atoms with Gasteiger partial charge < -0.3 is 10.1 Å². The third kappa shape index (κ3) is 3.09. The van der Waals surface area contributed by atoms with Gasteiger partial charge in [0, 0.05) is 5.69 Å². The predicted molar refractivity (Wildman–Crippen MR) is 72.5 cm³/mol. The molecule has 0 bridgehead atoms. The van der Waals surface area contributed by atoms with E-state index < -0.39 is 5.97 Å². The number of benzene rings is 1. The second-order valence-electron chi connectivity index (χ2n) is 3.57. The lowest BCUT2D eigenvalue weighted by molar-refractivity contribution is 0.0521. The van der Waals surface area contributed by atoms with E-state index in [9.17, 15) is 4.79 Å². The summed E-state index contributed by atoms with van der Waals surface area (Å²) in [5.74, 6) is -0.456. The number of anilines is 2. The minimum Gasteiger partial charge on any atom is -0.461 e. The highest BCUT2D eigenvalue weighted by atomic mass is 32.1. The Morgan fingerprint density at radius 1 is 1.58 bits per heavy atom. The Labute approximate surface area is 114 Å². The van der Waals surface area contributed by atoms with Gasteiger partial charge in [0.1, 0.15) is 5.00 Å². The van der Waals surface area contributed by atoms with E-state index in [0.717, 1.165) is 5.69 Å². The number of hydrogen-bond acceptors (Lipinski definition) is 6. The van der Waals surface area contributed by atoms with E-state index in [-0.39, 0.29) is 5.69 Å². The first-order chi connectivity index (χ1) is 9.24. The van der Waals surface area contributed by atoms with Gasteiger partial charge in [0.15, 0.2) is 5.69 Å². The smallest absolute Gasteiger partial charge is 0.360 e. The molecule has 0 radical (unpaired) electrons. The summed E-state index contributed by atoms with van der Waals surface area (Å²) in [4.78, 5) is 15.7. The van der Waals surface area contributed by atoms with Crippen molar-refractivity contribution in [3.8, 4) is 6.07 Å². The van der Waals surface area contributed by atoms with Crippen molar-refractivity contribution in [3.63, 3.8) is 0 Å². The molecule has 2 rings (SSSR count). The number of carbonyl (C=O) groups excluding carboxylic acids is 1. The molecule has 2 aromatic rings. The maximum atomic E-state index is 11.7. The van der Waals surface area contributed by atoms with Gasteiger partial charge in [-0.1, -0.05) is 6.07 Å². The number of nitrogens with zero attached hydrogens (tertiary/aromatic N) is 2. The standard InChI is InChI=1S/C13H11N3O2S/c1-2-18-13(17)11-12(19-8-15-11)16-10-5-3-4-9(6-10)7-14/h3-6,8,16H,2H2,1H3. The van der Waals surface area contributed by atoms with Crippen LogP contribution >= 0.6 is 11.3 Å². The van der Waals surface area contributed by atoms with Crippen LogP contribution in [-0.2, 0) is 4.74 Å². The van der Waals surface area contributed by atoms with Gasteiger partial charge in [-0.2, -0.15) is 5.26 Å². The zero-order valence-electron chi connectivity index (χ0n) is 10.2. The summed E-state index contributed by atoms with van der Waals surface area (Å²) in [6, 6.07) is 9.06. The lowest BCUT2D eigenvalue weighted by Gasteiger charge is -2.06. The number of nitriles is 1. The van der Waals surface area contributed by atoms with Crippen LogP contribution in [0.5, 0.6) is 0 Å². The van der Waals surface area contributed by atoms with Gasteiger partial charge in [-0.25, -0.2) is 9.78 Å². The Morgan fingerprint density at radius 3 is 3.16 bits per heavy atom. The molecule has 1 N–H and O–H groups in total. The van der Waals surface area contributed by atoms with Crippen molar-refractivity contribution >= 4 is 28.0 Å². The Balaban J connectivity index is 2.22. The molecule has 0 aliphatic heterocycles. The highest BCUT2D eigenvalue weighted by Gasteiger charge is 2.16. The first kappa shape index (κ1) is 13.1. The number of nitrogens with one attached hydrogen (secondary N) is 1. The molecule has 5 nitrogen and oxygen atoms in total. The lowest BCUT2D eigenvalue weighted by Crippen LogP contribution is -2.07. The van der Waals surface area contributed by atoms with Gasteiger partial charge in [-0.3, -0.25) is 0 Å². The molecule has 0 unspecified atom stereocenters. The SMILES string of the molecule is CCOC(=O)c1ncsc1Nc1cccc(C#N)c1. The molecule has 0 saturated carbocycles. The zero-order valence-corrected chi connectivity index (χ0v) is 11.0. The van der Waals surface area contributed by atoms with Crippen molar-refractivity contribution in [1.29, 1.82) is 5.26 Å². The van der Waals surface area contributed by atoms with Crippen LogP contribution in [0, 0.1) is 11.3 Å². The molecule has 1 aromatic heterocycles. The summed E-state index contributed by atoms with van der Waals surface area (Å²) in [6.07, 6.45) is 0. The molecular formula is C13H11N3O2S. The third-order valence-corrected chi connectivity index (χ3v) is 3.03. The van der Waals surface area contributed by atoms with Crippen molar-refractivity contribution in [3.05, 3.63) is 41.0 Å². The maximum Gasteiger partial charge on any atom is 0.360 e. The minimum atomic E-state index is -0.456. The number of aromatic nitrogens is 1. The number of hydrogen-bond donors (Lipinski definition) is 1. The second kappa shape index (κ2) is 5.98. The maximum absolute atomic E-state index is 11.7. The highest BCUT2D eigenvalue weighted by Crippen LogP contribution is 2.25. The molecule has 0 fully saturated rings. The molecule has 0 aliphatic rings. The Hall–Kier alpha value is -2.39. The van der Waals surface area contributed by atoms with E-state index in [0.29, 0.717) is 17.2 Å². The summed E-state index contributed by atoms with van der Waals surface area (Å²) < 4.78 is 4.92. The quantitative estimate of drug-likeness (QED) is 0.867. The van der Waals surface area contributed by atoms with E-state index in [4.69, 9.17) is 10.00 Å². The average Bonchev–Trinajstić information content (AvgIpc) is 2.87. The molecule has 1 heterocycles. The van der Waals surface area contributed by atoms with Gasteiger partial charge in [-0.05, 0) is 25.1 Å². The number of thiazole rings is 1. The summed E-state index contributed by atoms with van der Waals surface area (Å²) in [7, 11) is 0. The van der Waals surface area contributed by atoms with Gasteiger partial charge in [0.2, 0.25) is 0 Å². The van der Waals surface area contributed by atoms with Crippen molar-refractivity contribution in [2.24, 2.45) is 0 Å². The van der Waals surface area contributed by atoms with Crippen LogP contribution in [0.3, 0.4) is 0 Å². The number of carbonyl (C=O) groups is 1. The van der Waals surface area contributed by atoms with Crippen LogP contribution in [-0.4, -0.2) is 17.6 Å². The zero-order chi connectivity index (χ0) is 13.7. The van der Waals surface area contributed by atoms with Gasteiger partial charge >= 0.3 is 5.97 Å². The summed E-state index contributed by atoms with van der Waals surface area (Å²) in [5, 5.41) is 12.5. The molecule has 0 saturated heterocycles. The van der Waals surface area contributed by atoms with Gasteiger partial charge in [-0.15, -0.1) is 11.3 Å². The number of esters is 1. The fourth-order valence-corrected chi connectivity index (χ4v) is 2.17. The average molecular weight is 273 g/mol. The fourth-order valence-electron chi connectivity index (χ4n) is 1.48. The molecule has 19 heavy (non-hydrogen) atoms. The highest BCUT2D eigenvalue weighted by molar-refractivity contribution is 7.14. The molecule has 0 aliphatic carbocycles. The predicted octanol–water partition coefficient (Wildman–Crippen LogP) is 2.94. The van der Waals surface area contributed by atoms with Crippen molar-refractivity contribution in [2.45, 2.75) is 6.92 Å². The summed E-state index contributed by atoms with van der Waals surface area (Å²) in [5.41, 5.74) is 3.11. The molecular weight excluding hydrogens is 262 g/mol. The molecule has 0 amide bonds. The van der Waals surface area contributed by atoms with Crippen LogP contribution < -0.4 is 5.32 Å². The normalized spacial score (nSPS) is 9.68. The number of rotatable bonds is 4. The van der Waals surface area contributed by atoms with Gasteiger partial charge in [0.05, 0.1) is 23.8 Å². The topological polar surface area (TPSA) is 75.0 Å². The van der Waals surface area contributed by atoms with Crippen LogP contribution in [0.15, 0.2) is 29.8 Å². The van der Waals surface area contributed by atoms with E-state index in [1.54, 1.807) is 30.6 Å². The number of ether oxygens (including phenoxy) is 1. The van der Waals surface area contributed by atoms with Crippen molar-refractivity contribution < 1.29 is 9.53 Å². The van der Waals surface area contributed by atoms with Crippen LogP contribution in [0.4, 0.5) is 10.7 Å². The molecule has 6 heteroatoms. The van der Waals surface area contributed by atoms with Crippen LogP contribution in [0.25, 0.3) is 0 Å². The van der Waals surface area contributed by atoms with Gasteiger partial charge in [0.25, 0.3) is 0 Å². The lowest BCUT2D eigenvalue weighted by atomic mass is 10.2. The Bertz CT molecular complexity index is 631. The first-order valence-electron chi connectivity index (χ1n) is 5.62. The summed E-state index contributed by atoms with van der Waals surface area (Å²) >= 11 is 1.31.